The second-order valence-corrected chi connectivity index (χ2v) is 2.09. The first-order chi connectivity index (χ1) is 4.76. The Hall–Kier alpha value is -0.520. The van der Waals surface area contributed by atoms with Gasteiger partial charge in [0, 0.05) is 6.61 Å². The minimum absolute atomic E-state index is 0.0277. The summed E-state index contributed by atoms with van der Waals surface area (Å²) in [6.07, 6.45) is 5.32. The Labute approximate surface area is 63.0 Å². The highest BCUT2D eigenvalue weighted by atomic mass is 16.5. The third kappa shape index (κ3) is 2.86. The van der Waals surface area contributed by atoms with Crippen LogP contribution in [0.25, 0.3) is 0 Å². The average Bonchev–Trinajstić information content (AvgIpc) is 1.91. The first-order valence-electron chi connectivity index (χ1n) is 3.51. The first kappa shape index (κ1) is 9.48. The predicted octanol–water partition coefficient (Wildman–Crippen LogP) is 0.633. The van der Waals surface area contributed by atoms with E-state index in [9.17, 15) is 0 Å². The van der Waals surface area contributed by atoms with Gasteiger partial charge in [-0.2, -0.15) is 0 Å². The molecule has 0 bridgehead atoms. The van der Waals surface area contributed by atoms with Crippen molar-refractivity contribution in [3.05, 3.63) is 0 Å². The molecular formula is C8H15NO. The Kier molecular flexibility index (Phi) is 5.00. The fourth-order valence-electron chi connectivity index (χ4n) is 0.813. The molecule has 0 aromatic carbocycles. The lowest BCUT2D eigenvalue weighted by atomic mass is 10.2. The molecule has 0 aromatic rings. The summed E-state index contributed by atoms with van der Waals surface area (Å²) in [4.78, 5) is 0. The molecule has 58 valence electrons. The van der Waals surface area contributed by atoms with Gasteiger partial charge in [0.25, 0.3) is 0 Å². The Morgan fingerprint density at radius 1 is 1.70 bits per heavy atom. The lowest BCUT2D eigenvalue weighted by Gasteiger charge is -2.17. The van der Waals surface area contributed by atoms with Gasteiger partial charge >= 0.3 is 0 Å². The van der Waals surface area contributed by atoms with Gasteiger partial charge < -0.3 is 10.1 Å². The molecule has 0 radical (unpaired) electrons. The SMILES string of the molecule is C#CC(NC)C(C)OCC. The topological polar surface area (TPSA) is 21.3 Å². The summed E-state index contributed by atoms with van der Waals surface area (Å²) in [6.45, 7) is 4.63. The molecule has 2 unspecified atom stereocenters. The summed E-state index contributed by atoms with van der Waals surface area (Å²) < 4.78 is 5.28. The molecule has 0 rings (SSSR count). The maximum Gasteiger partial charge on any atom is 0.0947 e. The standard InChI is InChI=1S/C8H15NO/c1-5-8(9-4)7(3)10-6-2/h1,7-9H,6H2,2-4H3. The van der Waals surface area contributed by atoms with Crippen LogP contribution in [-0.4, -0.2) is 25.8 Å². The van der Waals surface area contributed by atoms with Gasteiger partial charge in [-0.1, -0.05) is 5.92 Å². The van der Waals surface area contributed by atoms with Crippen molar-refractivity contribution >= 4 is 0 Å². The van der Waals surface area contributed by atoms with Crippen molar-refractivity contribution in [3.8, 4) is 12.3 Å². The monoisotopic (exact) mass is 141 g/mol. The van der Waals surface area contributed by atoms with E-state index in [2.05, 4.69) is 11.2 Å². The van der Waals surface area contributed by atoms with Crippen LogP contribution in [0.1, 0.15) is 13.8 Å². The molecule has 0 spiro atoms. The highest BCUT2D eigenvalue weighted by molar-refractivity contribution is 5.01. The van der Waals surface area contributed by atoms with E-state index < -0.39 is 0 Å². The molecule has 10 heavy (non-hydrogen) atoms. The Balaban J connectivity index is 3.67. The van der Waals surface area contributed by atoms with Crippen molar-refractivity contribution in [2.45, 2.75) is 26.0 Å². The van der Waals surface area contributed by atoms with Gasteiger partial charge in [0.1, 0.15) is 0 Å². The quantitative estimate of drug-likeness (QED) is 0.580. The molecule has 0 aliphatic rings. The summed E-state index contributed by atoms with van der Waals surface area (Å²) in [6, 6.07) is 0.0277. The molecule has 0 aliphatic heterocycles. The number of hydrogen-bond donors (Lipinski definition) is 1. The zero-order valence-electron chi connectivity index (χ0n) is 6.85. The molecule has 2 atom stereocenters. The molecule has 0 fully saturated rings. The van der Waals surface area contributed by atoms with Crippen LogP contribution >= 0.6 is 0 Å². The number of terminal acetylenes is 1. The number of ether oxygens (including phenoxy) is 1. The zero-order chi connectivity index (χ0) is 7.98. The summed E-state index contributed by atoms with van der Waals surface area (Å²) >= 11 is 0. The van der Waals surface area contributed by atoms with Crippen molar-refractivity contribution in [3.63, 3.8) is 0 Å². The summed E-state index contributed by atoms with van der Waals surface area (Å²) in [5.74, 6) is 2.60. The van der Waals surface area contributed by atoms with Crippen LogP contribution in [0.3, 0.4) is 0 Å². The molecule has 0 saturated heterocycles. The Bertz CT molecular complexity index is 117. The van der Waals surface area contributed by atoms with Gasteiger partial charge in [-0.05, 0) is 20.9 Å². The smallest absolute Gasteiger partial charge is 0.0947 e. The summed E-state index contributed by atoms with van der Waals surface area (Å²) in [5, 5.41) is 2.98. The first-order valence-corrected chi connectivity index (χ1v) is 3.51. The second-order valence-electron chi connectivity index (χ2n) is 2.09. The maximum absolute atomic E-state index is 5.28. The molecule has 0 aromatic heterocycles. The van der Waals surface area contributed by atoms with Gasteiger partial charge in [-0.3, -0.25) is 0 Å². The summed E-state index contributed by atoms with van der Waals surface area (Å²) in [5.41, 5.74) is 0. The van der Waals surface area contributed by atoms with Crippen molar-refractivity contribution in [1.29, 1.82) is 0 Å². The molecule has 0 aliphatic carbocycles. The van der Waals surface area contributed by atoms with Crippen LogP contribution in [0.4, 0.5) is 0 Å². The lowest BCUT2D eigenvalue weighted by molar-refractivity contribution is 0.0632. The molecule has 0 heterocycles. The molecule has 0 amide bonds. The van der Waals surface area contributed by atoms with E-state index in [1.807, 2.05) is 20.9 Å². The van der Waals surface area contributed by atoms with E-state index in [-0.39, 0.29) is 12.1 Å². The van der Waals surface area contributed by atoms with Crippen LogP contribution in [0.5, 0.6) is 0 Å². The Morgan fingerprint density at radius 3 is 2.60 bits per heavy atom. The zero-order valence-corrected chi connectivity index (χ0v) is 6.85. The van der Waals surface area contributed by atoms with Gasteiger partial charge in [0.15, 0.2) is 0 Å². The molecule has 0 saturated carbocycles. The van der Waals surface area contributed by atoms with E-state index in [0.29, 0.717) is 6.61 Å². The fraction of sp³-hybridized carbons (Fsp3) is 0.750. The van der Waals surface area contributed by atoms with Gasteiger partial charge in [-0.25, -0.2) is 0 Å². The number of rotatable bonds is 4. The van der Waals surface area contributed by atoms with E-state index >= 15 is 0 Å². The van der Waals surface area contributed by atoms with Crippen molar-refractivity contribution in [1.82, 2.24) is 5.32 Å². The lowest BCUT2D eigenvalue weighted by Crippen LogP contribution is -2.36. The van der Waals surface area contributed by atoms with E-state index in [1.165, 1.54) is 0 Å². The molecule has 2 nitrogen and oxygen atoms in total. The van der Waals surface area contributed by atoms with Crippen molar-refractivity contribution < 1.29 is 4.74 Å². The number of hydrogen-bond acceptors (Lipinski definition) is 2. The van der Waals surface area contributed by atoms with Crippen LogP contribution in [0, 0.1) is 12.3 Å². The van der Waals surface area contributed by atoms with Crippen molar-refractivity contribution in [2.24, 2.45) is 0 Å². The van der Waals surface area contributed by atoms with Crippen molar-refractivity contribution in [2.75, 3.05) is 13.7 Å². The highest BCUT2D eigenvalue weighted by Gasteiger charge is 2.10. The summed E-state index contributed by atoms with van der Waals surface area (Å²) in [7, 11) is 1.83. The van der Waals surface area contributed by atoms with Gasteiger partial charge in [0.05, 0.1) is 12.1 Å². The molecule has 1 N–H and O–H groups in total. The van der Waals surface area contributed by atoms with Crippen LogP contribution in [0.2, 0.25) is 0 Å². The fourth-order valence-corrected chi connectivity index (χ4v) is 0.813. The van der Waals surface area contributed by atoms with Crippen LogP contribution in [0.15, 0.2) is 0 Å². The van der Waals surface area contributed by atoms with E-state index in [4.69, 9.17) is 11.2 Å². The third-order valence-corrected chi connectivity index (χ3v) is 1.39. The second kappa shape index (κ2) is 5.28. The minimum Gasteiger partial charge on any atom is -0.376 e. The van der Waals surface area contributed by atoms with Crippen LogP contribution in [-0.2, 0) is 4.74 Å². The third-order valence-electron chi connectivity index (χ3n) is 1.39. The average molecular weight is 141 g/mol. The molecule has 2 heteroatoms. The van der Waals surface area contributed by atoms with E-state index in [0.717, 1.165) is 0 Å². The highest BCUT2D eigenvalue weighted by Crippen LogP contribution is 1.95. The molecular weight excluding hydrogens is 126 g/mol. The van der Waals surface area contributed by atoms with Gasteiger partial charge in [0.2, 0.25) is 0 Å². The predicted molar refractivity (Wildman–Crippen MR) is 42.8 cm³/mol. The maximum atomic E-state index is 5.28. The number of nitrogens with one attached hydrogen (secondary N) is 1. The Morgan fingerprint density at radius 2 is 2.30 bits per heavy atom. The largest absolute Gasteiger partial charge is 0.376 e. The minimum atomic E-state index is 0.0277. The number of likely N-dealkylation sites (N-methyl/N-ethyl adjacent to an activating group) is 1. The normalized spacial score (nSPS) is 15.8. The van der Waals surface area contributed by atoms with Gasteiger partial charge in [-0.15, -0.1) is 6.42 Å². The van der Waals surface area contributed by atoms with E-state index in [1.54, 1.807) is 0 Å². The van der Waals surface area contributed by atoms with Crippen LogP contribution < -0.4 is 5.32 Å².